The van der Waals surface area contributed by atoms with Crippen LogP contribution >= 0.6 is 11.6 Å². The zero-order valence-corrected chi connectivity index (χ0v) is 12.4. The smallest absolute Gasteiger partial charge is 0.0743 e. The molecule has 0 aliphatic rings. The molecule has 1 atom stereocenters. The maximum atomic E-state index is 6.26. The van der Waals surface area contributed by atoms with Gasteiger partial charge < -0.3 is 11.1 Å². The van der Waals surface area contributed by atoms with E-state index in [1.165, 1.54) is 0 Å². The van der Waals surface area contributed by atoms with Crippen molar-refractivity contribution in [2.45, 2.75) is 13.0 Å². The molecule has 0 aliphatic heterocycles. The lowest BCUT2D eigenvalue weighted by Gasteiger charge is -2.18. The van der Waals surface area contributed by atoms with Gasteiger partial charge in [-0.1, -0.05) is 29.8 Å². The molecular formula is C17H16ClN3. The van der Waals surface area contributed by atoms with Gasteiger partial charge in [-0.05, 0) is 42.8 Å². The maximum absolute atomic E-state index is 6.26. The maximum Gasteiger partial charge on any atom is 0.0743 e. The van der Waals surface area contributed by atoms with E-state index in [1.54, 1.807) is 6.20 Å². The molecule has 1 unspecified atom stereocenters. The Morgan fingerprint density at radius 3 is 2.76 bits per heavy atom. The van der Waals surface area contributed by atoms with Crippen molar-refractivity contribution in [2.75, 3.05) is 11.1 Å². The second-order valence-corrected chi connectivity index (χ2v) is 5.43. The number of pyridine rings is 1. The molecule has 1 aromatic heterocycles. The van der Waals surface area contributed by atoms with E-state index >= 15 is 0 Å². The minimum absolute atomic E-state index is 0.0989. The van der Waals surface area contributed by atoms with Crippen molar-refractivity contribution in [1.29, 1.82) is 0 Å². The first kappa shape index (κ1) is 13.7. The molecule has 21 heavy (non-hydrogen) atoms. The highest BCUT2D eigenvalue weighted by Crippen LogP contribution is 2.29. The number of anilines is 2. The van der Waals surface area contributed by atoms with Crippen LogP contribution in [0.15, 0.2) is 54.7 Å². The van der Waals surface area contributed by atoms with Gasteiger partial charge in [0, 0.05) is 28.0 Å². The Bertz CT molecular complexity index is 786. The van der Waals surface area contributed by atoms with Crippen LogP contribution < -0.4 is 11.1 Å². The van der Waals surface area contributed by atoms with E-state index in [2.05, 4.69) is 17.2 Å². The lowest BCUT2D eigenvalue weighted by Crippen LogP contribution is -2.07. The molecule has 4 heteroatoms. The average Bonchev–Trinajstić information content (AvgIpc) is 2.47. The SMILES string of the molecule is CC(Nc1ccnc2cc(N)ccc12)c1ccccc1Cl. The van der Waals surface area contributed by atoms with E-state index < -0.39 is 0 Å². The van der Waals surface area contributed by atoms with Crippen molar-refractivity contribution in [2.24, 2.45) is 0 Å². The van der Waals surface area contributed by atoms with Gasteiger partial charge in [-0.25, -0.2) is 0 Å². The van der Waals surface area contributed by atoms with Crippen LogP contribution in [0.2, 0.25) is 5.02 Å². The molecule has 0 saturated carbocycles. The molecule has 0 radical (unpaired) electrons. The first-order chi connectivity index (χ1) is 10.1. The summed E-state index contributed by atoms with van der Waals surface area (Å²) < 4.78 is 0. The topological polar surface area (TPSA) is 50.9 Å². The molecule has 0 saturated heterocycles. The van der Waals surface area contributed by atoms with Gasteiger partial charge in [0.1, 0.15) is 0 Å². The summed E-state index contributed by atoms with van der Waals surface area (Å²) in [5.74, 6) is 0. The minimum Gasteiger partial charge on any atom is -0.399 e. The molecule has 0 amide bonds. The van der Waals surface area contributed by atoms with Crippen molar-refractivity contribution < 1.29 is 0 Å². The standard InChI is InChI=1S/C17H16ClN3/c1-11(13-4-2-3-5-15(13)18)21-16-8-9-20-17-10-12(19)6-7-14(16)17/h2-11H,19H2,1H3,(H,20,21). The second-order valence-electron chi connectivity index (χ2n) is 5.02. The fraction of sp³-hybridized carbons (Fsp3) is 0.118. The summed E-state index contributed by atoms with van der Waals surface area (Å²) in [5, 5.41) is 5.31. The number of nitrogens with one attached hydrogen (secondary N) is 1. The van der Waals surface area contributed by atoms with Gasteiger partial charge in [0.2, 0.25) is 0 Å². The Labute approximate surface area is 128 Å². The summed E-state index contributed by atoms with van der Waals surface area (Å²) in [6.07, 6.45) is 1.78. The van der Waals surface area contributed by atoms with Gasteiger partial charge in [0.15, 0.2) is 0 Å². The Balaban J connectivity index is 1.97. The van der Waals surface area contributed by atoms with Crippen molar-refractivity contribution in [3.8, 4) is 0 Å². The Morgan fingerprint density at radius 1 is 1.14 bits per heavy atom. The predicted molar refractivity (Wildman–Crippen MR) is 89.6 cm³/mol. The third-order valence-corrected chi connectivity index (χ3v) is 3.85. The van der Waals surface area contributed by atoms with Crippen LogP contribution in [0.3, 0.4) is 0 Å². The van der Waals surface area contributed by atoms with Crippen LogP contribution in [-0.4, -0.2) is 4.98 Å². The van der Waals surface area contributed by atoms with Crippen molar-refractivity contribution in [3.63, 3.8) is 0 Å². The van der Waals surface area contributed by atoms with Gasteiger partial charge in [-0.15, -0.1) is 0 Å². The summed E-state index contributed by atoms with van der Waals surface area (Å²) in [6.45, 7) is 2.09. The molecule has 0 spiro atoms. The third kappa shape index (κ3) is 2.78. The molecule has 1 heterocycles. The number of aromatic nitrogens is 1. The van der Waals surface area contributed by atoms with E-state index in [-0.39, 0.29) is 6.04 Å². The monoisotopic (exact) mass is 297 g/mol. The van der Waals surface area contributed by atoms with Gasteiger partial charge in [-0.3, -0.25) is 4.98 Å². The van der Waals surface area contributed by atoms with Crippen molar-refractivity contribution >= 4 is 33.9 Å². The van der Waals surface area contributed by atoms with Crippen LogP contribution in [0.25, 0.3) is 10.9 Å². The molecule has 3 aromatic rings. The number of rotatable bonds is 3. The number of halogens is 1. The summed E-state index contributed by atoms with van der Waals surface area (Å²) in [6, 6.07) is 15.7. The van der Waals surface area contributed by atoms with E-state index in [4.69, 9.17) is 17.3 Å². The van der Waals surface area contributed by atoms with Crippen LogP contribution in [0, 0.1) is 0 Å². The number of nitrogen functional groups attached to an aromatic ring is 1. The molecular weight excluding hydrogens is 282 g/mol. The zero-order valence-electron chi connectivity index (χ0n) is 11.7. The first-order valence-electron chi connectivity index (χ1n) is 6.80. The van der Waals surface area contributed by atoms with Crippen LogP contribution in [-0.2, 0) is 0 Å². The normalized spacial score (nSPS) is 12.3. The number of hydrogen-bond donors (Lipinski definition) is 2. The summed E-state index contributed by atoms with van der Waals surface area (Å²) in [7, 11) is 0. The van der Waals surface area contributed by atoms with Crippen molar-refractivity contribution in [1.82, 2.24) is 4.98 Å². The number of nitrogens with zero attached hydrogens (tertiary/aromatic N) is 1. The van der Waals surface area contributed by atoms with Gasteiger partial charge in [0.25, 0.3) is 0 Å². The predicted octanol–water partition coefficient (Wildman–Crippen LogP) is 4.64. The molecule has 3 nitrogen and oxygen atoms in total. The van der Waals surface area contributed by atoms with Crippen LogP contribution in [0.4, 0.5) is 11.4 Å². The lowest BCUT2D eigenvalue weighted by atomic mass is 10.1. The molecule has 2 aromatic carbocycles. The Hall–Kier alpha value is -2.26. The zero-order chi connectivity index (χ0) is 14.8. The largest absolute Gasteiger partial charge is 0.399 e. The van der Waals surface area contributed by atoms with E-state index in [0.29, 0.717) is 5.69 Å². The number of nitrogens with two attached hydrogens (primary N) is 1. The first-order valence-corrected chi connectivity index (χ1v) is 7.18. The van der Waals surface area contributed by atoms with E-state index in [9.17, 15) is 0 Å². The molecule has 3 rings (SSSR count). The minimum atomic E-state index is 0.0989. The van der Waals surface area contributed by atoms with Gasteiger partial charge >= 0.3 is 0 Å². The average molecular weight is 298 g/mol. The highest BCUT2D eigenvalue weighted by Gasteiger charge is 2.10. The molecule has 106 valence electrons. The number of benzene rings is 2. The highest BCUT2D eigenvalue weighted by molar-refractivity contribution is 6.31. The quantitative estimate of drug-likeness (QED) is 0.692. The molecule has 3 N–H and O–H groups in total. The molecule has 0 aliphatic carbocycles. The van der Waals surface area contributed by atoms with Crippen molar-refractivity contribution in [3.05, 3.63) is 65.3 Å². The third-order valence-electron chi connectivity index (χ3n) is 3.51. The number of fused-ring (bicyclic) bond motifs is 1. The molecule has 0 bridgehead atoms. The fourth-order valence-corrected chi connectivity index (χ4v) is 2.73. The molecule has 0 fully saturated rings. The number of hydrogen-bond acceptors (Lipinski definition) is 3. The van der Waals surface area contributed by atoms with E-state index in [1.807, 2.05) is 48.5 Å². The van der Waals surface area contributed by atoms with Gasteiger partial charge in [-0.2, -0.15) is 0 Å². The Morgan fingerprint density at radius 2 is 1.95 bits per heavy atom. The summed E-state index contributed by atoms with van der Waals surface area (Å²) in [4.78, 5) is 4.35. The van der Waals surface area contributed by atoms with Crippen LogP contribution in [0.5, 0.6) is 0 Å². The van der Waals surface area contributed by atoms with Gasteiger partial charge in [0.05, 0.1) is 11.6 Å². The van der Waals surface area contributed by atoms with E-state index in [0.717, 1.165) is 27.2 Å². The fourth-order valence-electron chi connectivity index (χ4n) is 2.43. The highest BCUT2D eigenvalue weighted by atomic mass is 35.5. The van der Waals surface area contributed by atoms with Crippen LogP contribution in [0.1, 0.15) is 18.5 Å². The summed E-state index contributed by atoms with van der Waals surface area (Å²) in [5.41, 5.74) is 9.49. The Kier molecular flexibility index (Phi) is 3.67. The second kappa shape index (κ2) is 5.62. The summed E-state index contributed by atoms with van der Waals surface area (Å²) >= 11 is 6.26. The lowest BCUT2D eigenvalue weighted by molar-refractivity contribution is 0.887.